The lowest BCUT2D eigenvalue weighted by Gasteiger charge is -2.32. The van der Waals surface area contributed by atoms with Gasteiger partial charge in [0.1, 0.15) is 6.29 Å². The second kappa shape index (κ2) is 20.6. The lowest BCUT2D eigenvalue weighted by atomic mass is 9.89. The van der Waals surface area contributed by atoms with Crippen LogP contribution >= 0.6 is 0 Å². The summed E-state index contributed by atoms with van der Waals surface area (Å²) in [6.07, 6.45) is 4.51. The van der Waals surface area contributed by atoms with Crippen LogP contribution in [0.4, 0.5) is 24.1 Å². The van der Waals surface area contributed by atoms with E-state index in [1.54, 1.807) is 0 Å². The molecular formula is C33H45F2N5O6. The maximum atomic E-state index is 12.6. The van der Waals surface area contributed by atoms with E-state index in [4.69, 9.17) is 9.47 Å². The predicted molar refractivity (Wildman–Crippen MR) is 171 cm³/mol. The number of likely N-dealkylation sites (tertiary alicyclic amines) is 1. The SMILES string of the molecule is CCC=O.CNc1cccc(C2CCN(CCCNC(=O)N3CC(C(=O)OC)=C(COC)NC3=O)CC2)c1.Fc1ccccc1F. The van der Waals surface area contributed by atoms with Gasteiger partial charge in [-0.15, -0.1) is 0 Å². The first kappa shape index (κ1) is 37.8. The molecule has 0 bridgehead atoms. The van der Waals surface area contributed by atoms with Crippen molar-refractivity contribution in [3.63, 3.8) is 0 Å². The van der Waals surface area contributed by atoms with E-state index in [2.05, 4.69) is 45.1 Å². The molecule has 0 atom stereocenters. The fourth-order valence-corrected chi connectivity index (χ4v) is 4.81. The number of hydrogen-bond acceptors (Lipinski definition) is 8. The van der Waals surface area contributed by atoms with Crippen molar-refractivity contribution in [2.24, 2.45) is 0 Å². The molecule has 4 amide bonds. The number of piperidine rings is 1. The van der Waals surface area contributed by atoms with Gasteiger partial charge in [-0.2, -0.15) is 0 Å². The van der Waals surface area contributed by atoms with Gasteiger partial charge in [-0.3, -0.25) is 0 Å². The molecule has 4 rings (SSSR count). The topological polar surface area (TPSA) is 129 Å². The van der Waals surface area contributed by atoms with Crippen LogP contribution in [0, 0.1) is 11.6 Å². The first-order valence-corrected chi connectivity index (χ1v) is 15.2. The highest BCUT2D eigenvalue weighted by molar-refractivity contribution is 6.00. The molecule has 13 heteroatoms. The van der Waals surface area contributed by atoms with E-state index in [1.807, 2.05) is 14.0 Å². The number of esters is 1. The molecule has 46 heavy (non-hydrogen) atoms. The average molecular weight is 646 g/mol. The summed E-state index contributed by atoms with van der Waals surface area (Å²) in [6.45, 7) is 5.05. The van der Waals surface area contributed by atoms with E-state index in [0.29, 0.717) is 24.6 Å². The number of anilines is 1. The molecule has 0 saturated carbocycles. The Hall–Kier alpha value is -4.36. The van der Waals surface area contributed by atoms with E-state index in [9.17, 15) is 28.0 Å². The molecule has 1 saturated heterocycles. The van der Waals surface area contributed by atoms with Crippen LogP contribution in [-0.4, -0.2) is 94.7 Å². The van der Waals surface area contributed by atoms with Crippen molar-refractivity contribution in [3.05, 3.63) is 77.0 Å². The largest absolute Gasteiger partial charge is 0.466 e. The highest BCUT2D eigenvalue weighted by atomic mass is 19.2. The Morgan fingerprint density at radius 2 is 1.72 bits per heavy atom. The maximum Gasteiger partial charge on any atom is 0.337 e. The number of nitrogens with zero attached hydrogens (tertiary/aromatic N) is 2. The van der Waals surface area contributed by atoms with Crippen LogP contribution < -0.4 is 16.0 Å². The number of imide groups is 1. The average Bonchev–Trinajstić information content (AvgIpc) is 3.08. The Morgan fingerprint density at radius 3 is 2.26 bits per heavy atom. The molecule has 0 unspecified atom stereocenters. The first-order valence-electron chi connectivity index (χ1n) is 15.2. The zero-order valence-corrected chi connectivity index (χ0v) is 26.9. The summed E-state index contributed by atoms with van der Waals surface area (Å²) in [6, 6.07) is 12.5. The number of rotatable bonds is 10. The molecular weight excluding hydrogens is 600 g/mol. The van der Waals surface area contributed by atoms with Gasteiger partial charge in [-0.25, -0.2) is 28.1 Å². The highest BCUT2D eigenvalue weighted by Gasteiger charge is 2.33. The molecule has 0 aliphatic carbocycles. The first-order chi connectivity index (χ1) is 22.2. The maximum absolute atomic E-state index is 12.6. The summed E-state index contributed by atoms with van der Waals surface area (Å²) in [7, 11) is 4.64. The fourth-order valence-electron chi connectivity index (χ4n) is 4.81. The van der Waals surface area contributed by atoms with Gasteiger partial charge in [-0.05, 0) is 74.6 Å². The van der Waals surface area contributed by atoms with Crippen molar-refractivity contribution in [2.75, 3.05) is 65.9 Å². The van der Waals surface area contributed by atoms with E-state index in [0.717, 1.165) is 67.9 Å². The number of aldehydes is 1. The van der Waals surface area contributed by atoms with E-state index in [-0.39, 0.29) is 18.7 Å². The molecule has 0 aromatic heterocycles. The van der Waals surface area contributed by atoms with Crippen molar-refractivity contribution < 1.29 is 37.4 Å². The molecule has 11 nitrogen and oxygen atoms in total. The van der Waals surface area contributed by atoms with Crippen molar-refractivity contribution in [3.8, 4) is 0 Å². The number of nitrogens with one attached hydrogen (secondary N) is 3. The van der Waals surface area contributed by atoms with Crippen LogP contribution in [0.15, 0.2) is 59.8 Å². The normalized spacial score (nSPS) is 15.0. The van der Waals surface area contributed by atoms with E-state index < -0.39 is 29.7 Å². The summed E-state index contributed by atoms with van der Waals surface area (Å²) in [4.78, 5) is 49.5. The standard InChI is InChI=1S/C24H35N5O5.C6H4F2.C3H6O/c1-25-19-7-4-6-18(14-19)17-8-12-28(13-9-17)11-5-10-26-23(31)29-15-20(22(30)34-3)21(16-33-2)27-24(29)32;7-5-3-1-2-4-6(5)8;1-2-3-4/h4,6-7,14,17,25H,5,8-13,15-16H2,1-3H3,(H,26,31)(H,27,32);1-4H;3H,2H2,1H3. The number of carbonyl (C=O) groups excluding carboxylic acids is 4. The van der Waals surface area contributed by atoms with Crippen LogP contribution in [0.5, 0.6) is 0 Å². The van der Waals surface area contributed by atoms with Gasteiger partial charge in [0.2, 0.25) is 0 Å². The predicted octanol–water partition coefficient (Wildman–Crippen LogP) is 4.67. The monoisotopic (exact) mass is 645 g/mol. The molecule has 2 aliphatic rings. The summed E-state index contributed by atoms with van der Waals surface area (Å²) in [5.41, 5.74) is 3.03. The second-order valence-electron chi connectivity index (χ2n) is 10.5. The minimum absolute atomic E-state index is 0.0449. The second-order valence-corrected chi connectivity index (χ2v) is 10.5. The summed E-state index contributed by atoms with van der Waals surface area (Å²) >= 11 is 0. The number of carbonyl (C=O) groups is 4. The molecule has 1 fully saturated rings. The number of benzene rings is 2. The molecule has 252 valence electrons. The third-order valence-corrected chi connectivity index (χ3v) is 7.30. The molecule has 2 aromatic carbocycles. The molecule has 0 radical (unpaired) electrons. The van der Waals surface area contributed by atoms with Crippen LogP contribution in [0.25, 0.3) is 0 Å². The van der Waals surface area contributed by atoms with E-state index in [1.165, 1.54) is 31.9 Å². The van der Waals surface area contributed by atoms with Gasteiger partial charge in [-0.1, -0.05) is 31.2 Å². The summed E-state index contributed by atoms with van der Waals surface area (Å²) in [5, 5.41) is 8.53. The Bertz CT molecular complexity index is 1300. The number of urea groups is 2. The number of hydrogen-bond donors (Lipinski definition) is 3. The summed E-state index contributed by atoms with van der Waals surface area (Å²) < 4.78 is 33.7. The highest BCUT2D eigenvalue weighted by Crippen LogP contribution is 2.29. The molecule has 0 spiro atoms. The molecule has 3 N–H and O–H groups in total. The van der Waals surface area contributed by atoms with Gasteiger partial charge >= 0.3 is 18.0 Å². The van der Waals surface area contributed by atoms with Crippen molar-refractivity contribution in [2.45, 2.75) is 38.5 Å². The van der Waals surface area contributed by atoms with Gasteiger partial charge < -0.3 is 35.1 Å². The van der Waals surface area contributed by atoms with Crippen LogP contribution in [0.1, 0.15) is 44.1 Å². The zero-order chi connectivity index (χ0) is 33.9. The Kier molecular flexibility index (Phi) is 17.0. The van der Waals surface area contributed by atoms with Gasteiger partial charge in [0.05, 0.1) is 31.5 Å². The van der Waals surface area contributed by atoms with Gasteiger partial charge in [0.15, 0.2) is 11.6 Å². The Labute approximate surface area is 269 Å². The van der Waals surface area contributed by atoms with Crippen molar-refractivity contribution in [1.29, 1.82) is 0 Å². The molecule has 2 aromatic rings. The van der Waals surface area contributed by atoms with Gasteiger partial charge in [0.25, 0.3) is 0 Å². The minimum Gasteiger partial charge on any atom is -0.466 e. The third-order valence-electron chi connectivity index (χ3n) is 7.30. The quantitative estimate of drug-likeness (QED) is 0.193. The van der Waals surface area contributed by atoms with Crippen molar-refractivity contribution in [1.82, 2.24) is 20.4 Å². The fraction of sp³-hybridized carbons (Fsp3) is 0.455. The number of amides is 4. The zero-order valence-electron chi connectivity index (χ0n) is 26.9. The number of halogens is 2. The van der Waals surface area contributed by atoms with Crippen LogP contribution in [0.3, 0.4) is 0 Å². The lowest BCUT2D eigenvalue weighted by Crippen LogP contribution is -2.54. The van der Waals surface area contributed by atoms with E-state index >= 15 is 0 Å². The van der Waals surface area contributed by atoms with Crippen LogP contribution in [0.2, 0.25) is 0 Å². The number of methoxy groups -OCH3 is 2. The van der Waals surface area contributed by atoms with Crippen molar-refractivity contribution >= 4 is 30.0 Å². The smallest absolute Gasteiger partial charge is 0.337 e. The Balaban J connectivity index is 0.000000514. The molecule has 2 aliphatic heterocycles. The van der Waals surface area contributed by atoms with Crippen LogP contribution in [-0.2, 0) is 19.1 Å². The minimum atomic E-state index is -0.799. The van der Waals surface area contributed by atoms with Gasteiger partial charge in [0, 0.05) is 32.8 Å². The third kappa shape index (κ3) is 12.2. The summed E-state index contributed by atoms with van der Waals surface area (Å²) in [5.74, 6) is -1.63. The molecule has 2 heterocycles. The lowest BCUT2D eigenvalue weighted by molar-refractivity contribution is -0.136. The number of ether oxygens (including phenoxy) is 2. The Morgan fingerprint density at radius 1 is 1.07 bits per heavy atom.